The fraction of sp³-hybridized carbons (Fsp3) is 0.200. The average Bonchev–Trinajstić information content (AvgIpc) is 2.34. The first-order valence-corrected chi connectivity index (χ1v) is 5.92. The molecule has 3 heteroatoms. The molecule has 0 bridgehead atoms. The van der Waals surface area contributed by atoms with Crippen molar-refractivity contribution >= 4 is 11.6 Å². The van der Waals surface area contributed by atoms with Gasteiger partial charge in [0, 0.05) is 17.6 Å². The maximum absolute atomic E-state index is 11.9. The lowest BCUT2D eigenvalue weighted by Crippen LogP contribution is -2.15. The van der Waals surface area contributed by atoms with Crippen molar-refractivity contribution < 1.29 is 4.79 Å². The molecule has 2 rings (SSSR count). The lowest BCUT2D eigenvalue weighted by Gasteiger charge is -2.08. The maximum atomic E-state index is 11.9. The average molecular weight is 240 g/mol. The minimum Gasteiger partial charge on any atom is -0.326 e. The van der Waals surface area contributed by atoms with Crippen LogP contribution in [0.25, 0.3) is 0 Å². The van der Waals surface area contributed by atoms with Crippen LogP contribution in [-0.2, 0) is 11.2 Å². The number of hydrogen-bond donors (Lipinski definition) is 1. The van der Waals surface area contributed by atoms with E-state index < -0.39 is 0 Å². The summed E-state index contributed by atoms with van der Waals surface area (Å²) in [5.41, 5.74) is 3.90. The summed E-state index contributed by atoms with van der Waals surface area (Å²) in [6, 6.07) is 11.5. The van der Waals surface area contributed by atoms with E-state index in [9.17, 15) is 4.79 Å². The Morgan fingerprint density at radius 3 is 2.72 bits per heavy atom. The number of aryl methyl sites for hydroxylation is 2. The number of carbonyl (C=O) groups is 1. The van der Waals surface area contributed by atoms with Gasteiger partial charge in [0.2, 0.25) is 5.91 Å². The summed E-state index contributed by atoms with van der Waals surface area (Å²) in [4.78, 5) is 16.0. The second kappa shape index (κ2) is 5.45. The molecular formula is C15H16N2O. The summed E-state index contributed by atoms with van der Waals surface area (Å²) in [5.74, 6) is -0.0411. The van der Waals surface area contributed by atoms with Crippen molar-refractivity contribution in [2.75, 3.05) is 5.32 Å². The van der Waals surface area contributed by atoms with Crippen molar-refractivity contribution in [2.45, 2.75) is 20.3 Å². The first kappa shape index (κ1) is 12.3. The monoisotopic (exact) mass is 240 g/mol. The largest absolute Gasteiger partial charge is 0.326 e. The predicted molar refractivity (Wildman–Crippen MR) is 72.5 cm³/mol. The molecule has 0 aliphatic rings. The van der Waals surface area contributed by atoms with Crippen LogP contribution >= 0.6 is 0 Å². The summed E-state index contributed by atoms with van der Waals surface area (Å²) >= 11 is 0. The van der Waals surface area contributed by atoms with E-state index in [1.165, 1.54) is 5.56 Å². The number of amides is 1. The number of nitrogens with zero attached hydrogens (tertiary/aromatic N) is 1. The number of anilines is 1. The normalized spacial score (nSPS) is 10.1. The zero-order valence-corrected chi connectivity index (χ0v) is 10.6. The Morgan fingerprint density at radius 2 is 2.06 bits per heavy atom. The molecule has 2 aromatic rings. The highest BCUT2D eigenvalue weighted by atomic mass is 16.1. The molecule has 1 aromatic heterocycles. The van der Waals surface area contributed by atoms with E-state index in [1.807, 2.05) is 44.2 Å². The molecule has 0 radical (unpaired) electrons. The standard InChI is InChI=1S/C15H16N2O/c1-11-6-7-14(12(2)9-11)17-15(18)10-13-5-3-4-8-16-13/h3-9H,10H2,1-2H3,(H,17,18). The summed E-state index contributed by atoms with van der Waals surface area (Å²) < 4.78 is 0. The molecule has 0 saturated heterocycles. The molecule has 0 unspecified atom stereocenters. The van der Waals surface area contributed by atoms with E-state index in [1.54, 1.807) is 6.20 Å². The first-order chi connectivity index (χ1) is 8.65. The van der Waals surface area contributed by atoms with Gasteiger partial charge in [-0.3, -0.25) is 9.78 Å². The van der Waals surface area contributed by atoms with Gasteiger partial charge >= 0.3 is 0 Å². The molecular weight excluding hydrogens is 224 g/mol. The molecule has 0 aliphatic carbocycles. The highest BCUT2D eigenvalue weighted by Gasteiger charge is 2.06. The van der Waals surface area contributed by atoms with E-state index in [0.717, 1.165) is 16.9 Å². The fourth-order valence-corrected chi connectivity index (χ4v) is 1.82. The topological polar surface area (TPSA) is 42.0 Å². The molecule has 0 spiro atoms. The molecule has 18 heavy (non-hydrogen) atoms. The zero-order valence-electron chi connectivity index (χ0n) is 10.6. The molecule has 0 saturated carbocycles. The van der Waals surface area contributed by atoms with Gasteiger partial charge < -0.3 is 5.32 Å². The third-order valence-corrected chi connectivity index (χ3v) is 2.72. The van der Waals surface area contributed by atoms with Crippen molar-refractivity contribution in [3.05, 3.63) is 59.4 Å². The van der Waals surface area contributed by atoms with Gasteiger partial charge in [0.15, 0.2) is 0 Å². The van der Waals surface area contributed by atoms with E-state index >= 15 is 0 Å². The molecule has 0 atom stereocenters. The van der Waals surface area contributed by atoms with Gasteiger partial charge in [-0.15, -0.1) is 0 Å². The Balaban J connectivity index is 2.03. The van der Waals surface area contributed by atoms with E-state index in [2.05, 4.69) is 16.4 Å². The summed E-state index contributed by atoms with van der Waals surface area (Å²) in [7, 11) is 0. The van der Waals surface area contributed by atoms with Crippen molar-refractivity contribution in [3.63, 3.8) is 0 Å². The number of rotatable bonds is 3. The Hall–Kier alpha value is -2.16. The Kier molecular flexibility index (Phi) is 3.72. The minimum absolute atomic E-state index is 0.0411. The summed E-state index contributed by atoms with van der Waals surface area (Å²) in [6.45, 7) is 4.02. The number of hydrogen-bond acceptors (Lipinski definition) is 2. The van der Waals surface area contributed by atoms with Gasteiger partial charge in [-0.25, -0.2) is 0 Å². The first-order valence-electron chi connectivity index (χ1n) is 5.92. The van der Waals surface area contributed by atoms with E-state index in [-0.39, 0.29) is 5.91 Å². The molecule has 0 fully saturated rings. The van der Waals surface area contributed by atoms with Crippen LogP contribution in [0.15, 0.2) is 42.6 Å². The van der Waals surface area contributed by atoms with Crippen LogP contribution in [0, 0.1) is 13.8 Å². The third-order valence-electron chi connectivity index (χ3n) is 2.72. The van der Waals surface area contributed by atoms with Gasteiger partial charge in [0.25, 0.3) is 0 Å². The number of pyridine rings is 1. The molecule has 1 amide bonds. The van der Waals surface area contributed by atoms with Gasteiger partial charge in [0.1, 0.15) is 0 Å². The van der Waals surface area contributed by atoms with Crippen LogP contribution in [-0.4, -0.2) is 10.9 Å². The second-order valence-electron chi connectivity index (χ2n) is 4.36. The Labute approximate surface area is 107 Å². The van der Waals surface area contributed by atoms with Crippen molar-refractivity contribution in [3.8, 4) is 0 Å². The lowest BCUT2D eigenvalue weighted by molar-refractivity contribution is -0.115. The highest BCUT2D eigenvalue weighted by molar-refractivity contribution is 5.92. The van der Waals surface area contributed by atoms with Crippen LogP contribution in [0.1, 0.15) is 16.8 Å². The molecule has 92 valence electrons. The molecule has 1 aromatic carbocycles. The number of carbonyl (C=O) groups excluding carboxylic acids is 1. The number of nitrogens with one attached hydrogen (secondary N) is 1. The summed E-state index contributed by atoms with van der Waals surface area (Å²) in [5, 5.41) is 2.91. The maximum Gasteiger partial charge on any atom is 0.230 e. The highest BCUT2D eigenvalue weighted by Crippen LogP contribution is 2.16. The van der Waals surface area contributed by atoms with Crippen molar-refractivity contribution in [2.24, 2.45) is 0 Å². The van der Waals surface area contributed by atoms with Crippen molar-refractivity contribution in [1.29, 1.82) is 0 Å². The van der Waals surface area contributed by atoms with Crippen LogP contribution in [0.5, 0.6) is 0 Å². The lowest BCUT2D eigenvalue weighted by atomic mass is 10.1. The molecule has 0 aliphatic heterocycles. The predicted octanol–water partition coefficient (Wildman–Crippen LogP) is 2.88. The van der Waals surface area contributed by atoms with Crippen molar-refractivity contribution in [1.82, 2.24) is 4.98 Å². The van der Waals surface area contributed by atoms with Crippen LogP contribution < -0.4 is 5.32 Å². The molecule has 1 heterocycles. The van der Waals surface area contributed by atoms with E-state index in [0.29, 0.717) is 6.42 Å². The van der Waals surface area contributed by atoms with Crippen LogP contribution in [0.4, 0.5) is 5.69 Å². The Bertz CT molecular complexity index is 550. The summed E-state index contributed by atoms with van der Waals surface area (Å²) in [6.07, 6.45) is 1.99. The quantitative estimate of drug-likeness (QED) is 0.896. The zero-order chi connectivity index (χ0) is 13.0. The number of benzene rings is 1. The van der Waals surface area contributed by atoms with Gasteiger partial charge in [-0.05, 0) is 37.6 Å². The second-order valence-corrected chi connectivity index (χ2v) is 4.36. The fourth-order valence-electron chi connectivity index (χ4n) is 1.82. The smallest absolute Gasteiger partial charge is 0.230 e. The van der Waals surface area contributed by atoms with Gasteiger partial charge in [0.05, 0.1) is 6.42 Å². The van der Waals surface area contributed by atoms with E-state index in [4.69, 9.17) is 0 Å². The van der Waals surface area contributed by atoms with Gasteiger partial charge in [-0.2, -0.15) is 0 Å². The number of aromatic nitrogens is 1. The van der Waals surface area contributed by atoms with Gasteiger partial charge in [-0.1, -0.05) is 23.8 Å². The molecule has 1 N–H and O–H groups in total. The minimum atomic E-state index is -0.0411. The molecule has 3 nitrogen and oxygen atoms in total. The third kappa shape index (κ3) is 3.17. The Morgan fingerprint density at radius 1 is 1.22 bits per heavy atom. The van der Waals surface area contributed by atoms with Crippen LogP contribution in [0.3, 0.4) is 0 Å². The SMILES string of the molecule is Cc1ccc(NC(=O)Cc2ccccn2)c(C)c1. The van der Waals surface area contributed by atoms with Crippen LogP contribution in [0.2, 0.25) is 0 Å².